The zero-order chi connectivity index (χ0) is 7.28. The molecule has 0 aromatic heterocycles. The summed E-state index contributed by atoms with van der Waals surface area (Å²) in [5, 5.41) is 0.862. The molecule has 0 fully saturated rings. The van der Waals surface area contributed by atoms with Gasteiger partial charge in [0.05, 0.1) is 0 Å². The SMILES string of the molecule is Br.CCN(CCBr)C(C)=O. The fourth-order valence-corrected chi connectivity index (χ4v) is 1.07. The van der Waals surface area contributed by atoms with Gasteiger partial charge in [0.1, 0.15) is 0 Å². The van der Waals surface area contributed by atoms with E-state index in [1.54, 1.807) is 11.8 Å². The van der Waals surface area contributed by atoms with Crippen molar-refractivity contribution in [3.05, 3.63) is 0 Å². The maximum Gasteiger partial charge on any atom is 0.219 e. The van der Waals surface area contributed by atoms with E-state index in [0.29, 0.717) is 0 Å². The molecule has 0 bridgehead atoms. The maximum atomic E-state index is 10.7. The lowest BCUT2D eigenvalue weighted by molar-refractivity contribution is -0.128. The summed E-state index contributed by atoms with van der Waals surface area (Å²) in [5.41, 5.74) is 0. The molecule has 0 spiro atoms. The highest BCUT2D eigenvalue weighted by Crippen LogP contribution is 1.90. The molecular formula is C6H13Br2NO. The Balaban J connectivity index is 0. The summed E-state index contributed by atoms with van der Waals surface area (Å²) in [6, 6.07) is 0. The second-order valence-electron chi connectivity index (χ2n) is 1.79. The minimum absolute atomic E-state index is 0. The van der Waals surface area contributed by atoms with Crippen LogP contribution in [-0.4, -0.2) is 29.2 Å². The molecule has 0 aromatic rings. The van der Waals surface area contributed by atoms with E-state index in [-0.39, 0.29) is 22.9 Å². The Kier molecular flexibility index (Phi) is 9.84. The Morgan fingerprint density at radius 1 is 1.60 bits per heavy atom. The van der Waals surface area contributed by atoms with Crippen molar-refractivity contribution in [3.63, 3.8) is 0 Å². The van der Waals surface area contributed by atoms with Gasteiger partial charge in [-0.15, -0.1) is 17.0 Å². The van der Waals surface area contributed by atoms with Crippen molar-refractivity contribution in [1.29, 1.82) is 0 Å². The summed E-state index contributed by atoms with van der Waals surface area (Å²) in [4.78, 5) is 12.5. The van der Waals surface area contributed by atoms with E-state index in [4.69, 9.17) is 0 Å². The largest absolute Gasteiger partial charge is 0.342 e. The first-order valence-electron chi connectivity index (χ1n) is 3.03. The van der Waals surface area contributed by atoms with Crippen molar-refractivity contribution >= 4 is 38.8 Å². The molecule has 0 N–H and O–H groups in total. The first-order chi connectivity index (χ1) is 4.22. The predicted molar refractivity (Wildman–Crippen MR) is 52.0 cm³/mol. The summed E-state index contributed by atoms with van der Waals surface area (Å²) < 4.78 is 0. The fourth-order valence-electron chi connectivity index (χ4n) is 0.640. The molecule has 0 saturated heterocycles. The molecule has 0 atom stereocenters. The minimum atomic E-state index is 0. The topological polar surface area (TPSA) is 20.3 Å². The molecular weight excluding hydrogens is 262 g/mol. The van der Waals surface area contributed by atoms with Gasteiger partial charge < -0.3 is 4.90 Å². The number of carbonyl (C=O) groups excluding carboxylic acids is 1. The first kappa shape index (κ1) is 13.1. The van der Waals surface area contributed by atoms with Crippen LogP contribution in [0, 0.1) is 0 Å². The Bertz CT molecular complexity index is 97.7. The lowest BCUT2D eigenvalue weighted by Crippen LogP contribution is -2.29. The van der Waals surface area contributed by atoms with Crippen LogP contribution in [0.4, 0.5) is 0 Å². The van der Waals surface area contributed by atoms with Gasteiger partial charge in [0.2, 0.25) is 5.91 Å². The van der Waals surface area contributed by atoms with E-state index >= 15 is 0 Å². The van der Waals surface area contributed by atoms with Gasteiger partial charge in [0, 0.05) is 25.3 Å². The van der Waals surface area contributed by atoms with Crippen LogP contribution in [-0.2, 0) is 4.79 Å². The van der Waals surface area contributed by atoms with Crippen molar-refractivity contribution in [1.82, 2.24) is 4.90 Å². The molecule has 0 aromatic carbocycles. The van der Waals surface area contributed by atoms with Gasteiger partial charge in [-0.25, -0.2) is 0 Å². The lowest BCUT2D eigenvalue weighted by Gasteiger charge is -2.16. The standard InChI is InChI=1S/C6H12BrNO.BrH/c1-3-8(5-4-7)6(2)9;/h3-5H2,1-2H3;1H. The number of carbonyl (C=O) groups is 1. The van der Waals surface area contributed by atoms with E-state index in [2.05, 4.69) is 15.9 Å². The van der Waals surface area contributed by atoms with E-state index < -0.39 is 0 Å². The lowest BCUT2D eigenvalue weighted by atomic mass is 10.5. The third-order valence-electron chi connectivity index (χ3n) is 1.18. The maximum absolute atomic E-state index is 10.7. The number of hydrogen-bond acceptors (Lipinski definition) is 1. The Labute approximate surface area is 80.9 Å². The quantitative estimate of drug-likeness (QED) is 0.719. The molecule has 2 nitrogen and oxygen atoms in total. The third-order valence-corrected chi connectivity index (χ3v) is 1.54. The summed E-state index contributed by atoms with van der Waals surface area (Å²) >= 11 is 3.27. The van der Waals surface area contributed by atoms with Crippen LogP contribution >= 0.6 is 32.9 Å². The van der Waals surface area contributed by atoms with Gasteiger partial charge in [-0.1, -0.05) is 15.9 Å². The zero-order valence-corrected chi connectivity index (χ0v) is 9.56. The molecule has 0 aliphatic carbocycles. The second kappa shape index (κ2) is 7.54. The number of nitrogens with zero attached hydrogens (tertiary/aromatic N) is 1. The summed E-state index contributed by atoms with van der Waals surface area (Å²) in [6.45, 7) is 5.18. The van der Waals surface area contributed by atoms with Crippen molar-refractivity contribution in [2.45, 2.75) is 13.8 Å². The van der Waals surface area contributed by atoms with Crippen molar-refractivity contribution in [3.8, 4) is 0 Å². The molecule has 0 aliphatic rings. The van der Waals surface area contributed by atoms with Gasteiger partial charge in [0.15, 0.2) is 0 Å². The highest BCUT2D eigenvalue weighted by Gasteiger charge is 2.02. The molecule has 0 unspecified atom stereocenters. The number of halogens is 2. The van der Waals surface area contributed by atoms with Crippen molar-refractivity contribution in [2.24, 2.45) is 0 Å². The minimum Gasteiger partial charge on any atom is -0.342 e. The molecule has 62 valence electrons. The number of amides is 1. The van der Waals surface area contributed by atoms with Crippen LogP contribution in [0.25, 0.3) is 0 Å². The highest BCUT2D eigenvalue weighted by molar-refractivity contribution is 9.09. The van der Waals surface area contributed by atoms with Crippen molar-refractivity contribution < 1.29 is 4.79 Å². The second-order valence-corrected chi connectivity index (χ2v) is 2.58. The highest BCUT2D eigenvalue weighted by atomic mass is 79.9. The van der Waals surface area contributed by atoms with E-state index in [1.807, 2.05) is 6.92 Å². The van der Waals surface area contributed by atoms with Crippen LogP contribution in [0.1, 0.15) is 13.8 Å². The summed E-state index contributed by atoms with van der Waals surface area (Å²) in [5.74, 6) is 0.150. The van der Waals surface area contributed by atoms with Crippen LogP contribution < -0.4 is 0 Å². The fraction of sp³-hybridized carbons (Fsp3) is 0.833. The third kappa shape index (κ3) is 5.23. The molecule has 0 aliphatic heterocycles. The van der Waals surface area contributed by atoms with E-state index in [9.17, 15) is 4.79 Å². The number of rotatable bonds is 3. The van der Waals surface area contributed by atoms with Gasteiger partial charge in [-0.2, -0.15) is 0 Å². The molecule has 0 saturated carbocycles. The number of hydrogen-bond donors (Lipinski definition) is 0. The van der Waals surface area contributed by atoms with Crippen LogP contribution in [0.2, 0.25) is 0 Å². The molecule has 10 heavy (non-hydrogen) atoms. The summed E-state index contributed by atoms with van der Waals surface area (Å²) in [6.07, 6.45) is 0. The Hall–Kier alpha value is 0.430. The average molecular weight is 275 g/mol. The molecule has 1 amide bonds. The normalized spacial score (nSPS) is 8.30. The average Bonchev–Trinajstić information content (AvgIpc) is 1.82. The van der Waals surface area contributed by atoms with Crippen LogP contribution in [0.3, 0.4) is 0 Å². The Morgan fingerprint density at radius 2 is 2.10 bits per heavy atom. The molecule has 0 rings (SSSR count). The number of alkyl halides is 1. The van der Waals surface area contributed by atoms with E-state index in [0.717, 1.165) is 18.4 Å². The van der Waals surface area contributed by atoms with Crippen LogP contribution in [0.15, 0.2) is 0 Å². The van der Waals surface area contributed by atoms with Gasteiger partial charge >= 0.3 is 0 Å². The van der Waals surface area contributed by atoms with Gasteiger partial charge in [0.25, 0.3) is 0 Å². The smallest absolute Gasteiger partial charge is 0.219 e. The molecule has 0 heterocycles. The zero-order valence-electron chi connectivity index (χ0n) is 6.26. The first-order valence-corrected chi connectivity index (χ1v) is 4.16. The van der Waals surface area contributed by atoms with E-state index in [1.165, 1.54) is 0 Å². The molecule has 0 radical (unpaired) electrons. The molecule has 4 heteroatoms. The van der Waals surface area contributed by atoms with Crippen molar-refractivity contribution in [2.75, 3.05) is 18.4 Å². The summed E-state index contributed by atoms with van der Waals surface area (Å²) in [7, 11) is 0. The van der Waals surface area contributed by atoms with Gasteiger partial charge in [-0.3, -0.25) is 4.79 Å². The predicted octanol–water partition coefficient (Wildman–Crippen LogP) is 1.83. The van der Waals surface area contributed by atoms with Gasteiger partial charge in [-0.05, 0) is 6.92 Å². The monoisotopic (exact) mass is 273 g/mol. The Morgan fingerprint density at radius 3 is 2.20 bits per heavy atom. The van der Waals surface area contributed by atoms with Crippen LogP contribution in [0.5, 0.6) is 0 Å².